The largest absolute Gasteiger partial charge is 0.450 e. The maximum Gasteiger partial charge on any atom is 0.407 e. The van der Waals surface area contributed by atoms with Gasteiger partial charge in [-0.1, -0.05) is 12.6 Å². The molecule has 0 aromatic rings. The van der Waals surface area contributed by atoms with Gasteiger partial charge < -0.3 is 10.1 Å². The van der Waals surface area contributed by atoms with Crippen LogP contribution in [0, 0.1) is 0 Å². The van der Waals surface area contributed by atoms with Crippen molar-refractivity contribution < 1.29 is 9.53 Å². The fourth-order valence-corrected chi connectivity index (χ4v) is 0.437. The molecule has 0 bridgehead atoms. The van der Waals surface area contributed by atoms with Gasteiger partial charge in [0.2, 0.25) is 0 Å². The van der Waals surface area contributed by atoms with E-state index in [-0.39, 0.29) is 6.09 Å². The Bertz CT molecular complexity index is 87.0. The molecule has 0 aromatic carbocycles. The molecule has 0 spiro atoms. The molecule has 0 unspecified atom stereocenters. The first-order valence-corrected chi connectivity index (χ1v) is 3.37. The van der Waals surface area contributed by atoms with Gasteiger partial charge >= 0.3 is 6.09 Å². The predicted molar refractivity (Wildman–Crippen MR) is 37.5 cm³/mol. The smallest absolute Gasteiger partial charge is 0.407 e. The van der Waals surface area contributed by atoms with Gasteiger partial charge in [0.1, 0.15) is 0 Å². The first-order valence-electron chi connectivity index (χ1n) is 2.80. The van der Waals surface area contributed by atoms with Gasteiger partial charge in [0.15, 0.2) is 0 Å². The Morgan fingerprint density at radius 3 is 2.89 bits per heavy atom. The monoisotopic (exact) mass is 148 g/mol. The molecular weight excluding hydrogens is 138 g/mol. The highest BCUT2D eigenvalue weighted by Crippen LogP contribution is 1.75. The first kappa shape index (κ1) is 8.62. The second kappa shape index (κ2) is 5.75. The molecule has 0 aromatic heterocycles. The van der Waals surface area contributed by atoms with Gasteiger partial charge in [0.05, 0.1) is 6.61 Å². The van der Waals surface area contributed by atoms with Gasteiger partial charge in [-0.15, -0.1) is 0 Å². The number of nitrogens with one attached hydrogen (secondary N) is 1. The van der Waals surface area contributed by atoms with Gasteiger partial charge in [0.25, 0.3) is 0 Å². The van der Waals surface area contributed by atoms with Crippen LogP contribution < -0.4 is 5.32 Å². The number of carbonyl (C=O) groups excluding carboxylic acids is 1. The van der Waals surface area contributed by atoms with Crippen LogP contribution in [0.1, 0.15) is 6.92 Å². The van der Waals surface area contributed by atoms with Crippen LogP contribution in [0.2, 0.25) is 0 Å². The highest BCUT2D eigenvalue weighted by Gasteiger charge is 1.95. The molecule has 1 N–H and O–H groups in total. The van der Waals surface area contributed by atoms with E-state index in [1.54, 1.807) is 6.92 Å². The molecule has 3 nitrogen and oxygen atoms in total. The molecule has 0 aliphatic heterocycles. The average Bonchev–Trinajstić information content (AvgIpc) is 1.85. The van der Waals surface area contributed by atoms with Crippen LogP contribution in [0.5, 0.6) is 0 Å². The SMILES string of the molecule is CCOC(=O)NCC[S]. The van der Waals surface area contributed by atoms with Crippen molar-refractivity contribution in [1.82, 2.24) is 5.32 Å². The van der Waals surface area contributed by atoms with Crippen molar-refractivity contribution >= 4 is 18.7 Å². The maximum atomic E-state index is 10.4. The normalized spacial score (nSPS) is 8.67. The zero-order valence-corrected chi connectivity index (χ0v) is 6.16. The number of ether oxygens (including phenoxy) is 1. The van der Waals surface area contributed by atoms with Crippen molar-refractivity contribution in [3.8, 4) is 0 Å². The molecule has 0 rings (SSSR count). The Balaban J connectivity index is 3.06. The van der Waals surface area contributed by atoms with E-state index in [1.165, 1.54) is 0 Å². The second-order valence-electron chi connectivity index (χ2n) is 1.35. The lowest BCUT2D eigenvalue weighted by Gasteiger charge is -2.00. The van der Waals surface area contributed by atoms with Crippen molar-refractivity contribution in [2.75, 3.05) is 18.9 Å². The predicted octanol–water partition coefficient (Wildman–Crippen LogP) is 0.930. The summed E-state index contributed by atoms with van der Waals surface area (Å²) in [7, 11) is 0. The Morgan fingerprint density at radius 1 is 1.78 bits per heavy atom. The molecule has 1 amide bonds. The lowest BCUT2D eigenvalue weighted by Crippen LogP contribution is -2.25. The molecule has 0 atom stereocenters. The van der Waals surface area contributed by atoms with Gasteiger partial charge in [-0.2, -0.15) is 0 Å². The van der Waals surface area contributed by atoms with E-state index in [0.29, 0.717) is 18.9 Å². The lowest BCUT2D eigenvalue weighted by molar-refractivity contribution is 0.153. The Hall–Kier alpha value is -0.380. The van der Waals surface area contributed by atoms with E-state index in [2.05, 4.69) is 22.7 Å². The van der Waals surface area contributed by atoms with E-state index in [0.717, 1.165) is 0 Å². The van der Waals surface area contributed by atoms with E-state index in [4.69, 9.17) is 0 Å². The van der Waals surface area contributed by atoms with Gasteiger partial charge in [-0.25, -0.2) is 4.79 Å². The maximum absolute atomic E-state index is 10.4. The fourth-order valence-electron chi connectivity index (χ4n) is 0.335. The summed E-state index contributed by atoms with van der Waals surface area (Å²) >= 11 is 4.58. The highest BCUT2D eigenvalue weighted by molar-refractivity contribution is 7.80. The van der Waals surface area contributed by atoms with Crippen molar-refractivity contribution in [3.05, 3.63) is 0 Å². The second-order valence-corrected chi connectivity index (χ2v) is 1.76. The quantitative estimate of drug-likeness (QED) is 0.646. The van der Waals surface area contributed by atoms with Crippen LogP contribution in [0.3, 0.4) is 0 Å². The Labute approximate surface area is 60.2 Å². The fraction of sp³-hybridized carbons (Fsp3) is 0.800. The summed E-state index contributed by atoms with van der Waals surface area (Å²) in [6.07, 6.45) is -0.387. The molecule has 0 saturated carbocycles. The van der Waals surface area contributed by atoms with Gasteiger partial charge in [-0.05, 0) is 6.92 Å². The van der Waals surface area contributed by atoms with Crippen molar-refractivity contribution in [2.45, 2.75) is 6.92 Å². The number of alkyl carbamates (subject to hydrolysis) is 1. The minimum atomic E-state index is -0.387. The van der Waals surface area contributed by atoms with Crippen LogP contribution in [-0.2, 0) is 4.74 Å². The summed E-state index contributed by atoms with van der Waals surface area (Å²) < 4.78 is 4.55. The molecule has 4 heteroatoms. The highest BCUT2D eigenvalue weighted by atomic mass is 32.1. The van der Waals surface area contributed by atoms with Crippen molar-refractivity contribution in [2.24, 2.45) is 0 Å². The number of hydrogen-bond donors (Lipinski definition) is 1. The molecule has 0 aliphatic carbocycles. The van der Waals surface area contributed by atoms with Gasteiger partial charge in [0, 0.05) is 12.3 Å². The van der Waals surface area contributed by atoms with Crippen LogP contribution in [0.4, 0.5) is 4.79 Å². The van der Waals surface area contributed by atoms with Crippen LogP contribution in [0.15, 0.2) is 0 Å². The molecule has 53 valence electrons. The van der Waals surface area contributed by atoms with Crippen LogP contribution in [0.25, 0.3) is 0 Å². The number of carbonyl (C=O) groups is 1. The number of rotatable bonds is 3. The summed E-state index contributed by atoms with van der Waals surface area (Å²) in [4.78, 5) is 10.4. The summed E-state index contributed by atoms with van der Waals surface area (Å²) in [5.74, 6) is 0.527. The van der Waals surface area contributed by atoms with Crippen molar-refractivity contribution in [1.29, 1.82) is 0 Å². The van der Waals surface area contributed by atoms with E-state index >= 15 is 0 Å². The molecule has 0 saturated heterocycles. The Morgan fingerprint density at radius 2 is 2.44 bits per heavy atom. The van der Waals surface area contributed by atoms with Crippen LogP contribution in [-0.4, -0.2) is 25.0 Å². The standard InChI is InChI=1S/C5H10NO2S/c1-2-8-5(7)6-3-4-9/h2-4H2,1H3,(H,6,7). The average molecular weight is 148 g/mol. The van der Waals surface area contributed by atoms with E-state index in [9.17, 15) is 4.79 Å². The topological polar surface area (TPSA) is 38.3 Å². The minimum absolute atomic E-state index is 0.387. The van der Waals surface area contributed by atoms with E-state index in [1.807, 2.05) is 0 Å². The third kappa shape index (κ3) is 5.49. The third-order valence-electron chi connectivity index (χ3n) is 0.647. The van der Waals surface area contributed by atoms with Crippen molar-refractivity contribution in [3.63, 3.8) is 0 Å². The first-order chi connectivity index (χ1) is 4.31. The zero-order chi connectivity index (χ0) is 7.11. The van der Waals surface area contributed by atoms with Gasteiger partial charge in [-0.3, -0.25) is 0 Å². The summed E-state index contributed by atoms with van der Waals surface area (Å²) in [5.41, 5.74) is 0. The minimum Gasteiger partial charge on any atom is -0.450 e. The van der Waals surface area contributed by atoms with Crippen LogP contribution >= 0.6 is 12.6 Å². The van der Waals surface area contributed by atoms with E-state index < -0.39 is 0 Å². The molecular formula is C5H10NO2S. The Kier molecular flexibility index (Phi) is 5.51. The molecule has 0 heterocycles. The summed E-state index contributed by atoms with van der Waals surface area (Å²) in [6.45, 7) is 2.67. The number of amides is 1. The zero-order valence-electron chi connectivity index (χ0n) is 5.35. The molecule has 9 heavy (non-hydrogen) atoms. The lowest BCUT2D eigenvalue weighted by atomic mass is 10.7. The third-order valence-corrected chi connectivity index (χ3v) is 0.851. The summed E-state index contributed by atoms with van der Waals surface area (Å²) in [6, 6.07) is 0. The molecule has 0 fully saturated rings. The number of hydrogen-bond acceptors (Lipinski definition) is 2. The summed E-state index contributed by atoms with van der Waals surface area (Å²) in [5, 5.41) is 2.47. The molecule has 0 aliphatic rings. The molecule has 1 radical (unpaired) electrons.